The lowest BCUT2D eigenvalue weighted by atomic mass is 10.1. The maximum Gasteiger partial charge on any atom is 0.244 e. The fraction of sp³-hybridized carbons (Fsp3) is 0.462. The minimum atomic E-state index is -3.90. The van der Waals surface area contributed by atoms with Crippen molar-refractivity contribution in [3.05, 3.63) is 52.0 Å². The van der Waals surface area contributed by atoms with E-state index in [0.29, 0.717) is 39.9 Å². The lowest BCUT2D eigenvalue weighted by molar-refractivity contribution is -0.140. The summed E-state index contributed by atoms with van der Waals surface area (Å²) >= 11 is 12.3. The summed E-state index contributed by atoms with van der Waals surface area (Å²) in [6.07, 6.45) is 2.03. The number of carbonyl (C=O) groups is 2. The van der Waals surface area contributed by atoms with E-state index in [2.05, 4.69) is 5.32 Å². The first-order chi connectivity index (χ1) is 17.9. The van der Waals surface area contributed by atoms with Crippen LogP contribution in [0.3, 0.4) is 0 Å². The number of carbonyl (C=O) groups excluding carboxylic acids is 2. The quantitative estimate of drug-likeness (QED) is 0.370. The van der Waals surface area contributed by atoms with Crippen LogP contribution in [0.25, 0.3) is 0 Å². The van der Waals surface area contributed by atoms with Crippen LogP contribution in [0.2, 0.25) is 10.0 Å². The molecule has 0 saturated heterocycles. The maximum absolute atomic E-state index is 13.8. The van der Waals surface area contributed by atoms with Crippen molar-refractivity contribution in [2.45, 2.75) is 52.2 Å². The van der Waals surface area contributed by atoms with Crippen LogP contribution < -0.4 is 19.1 Å². The number of ether oxygens (including phenoxy) is 2. The summed E-state index contributed by atoms with van der Waals surface area (Å²) in [5.74, 6) is -0.183. The molecule has 0 fully saturated rings. The van der Waals surface area contributed by atoms with E-state index in [1.54, 1.807) is 31.2 Å². The number of anilines is 1. The van der Waals surface area contributed by atoms with Crippen molar-refractivity contribution in [1.82, 2.24) is 10.2 Å². The predicted octanol–water partition coefficient (Wildman–Crippen LogP) is 4.50. The molecule has 12 heteroatoms. The first-order valence-electron chi connectivity index (χ1n) is 12.1. The fourth-order valence-electron chi connectivity index (χ4n) is 3.79. The van der Waals surface area contributed by atoms with Gasteiger partial charge in [-0.05, 0) is 49.6 Å². The van der Waals surface area contributed by atoms with Crippen LogP contribution in [0.4, 0.5) is 5.69 Å². The molecule has 9 nitrogen and oxygen atoms in total. The van der Waals surface area contributed by atoms with Crippen molar-refractivity contribution in [3.63, 3.8) is 0 Å². The Morgan fingerprint density at radius 3 is 2.16 bits per heavy atom. The highest BCUT2D eigenvalue weighted by molar-refractivity contribution is 7.92. The Kier molecular flexibility index (Phi) is 11.5. The fourth-order valence-corrected chi connectivity index (χ4v) is 4.95. The van der Waals surface area contributed by atoms with Crippen molar-refractivity contribution in [2.75, 3.05) is 31.3 Å². The van der Waals surface area contributed by atoms with Crippen LogP contribution in [0.5, 0.6) is 11.5 Å². The van der Waals surface area contributed by atoms with E-state index in [0.717, 1.165) is 10.6 Å². The van der Waals surface area contributed by atoms with Crippen molar-refractivity contribution in [2.24, 2.45) is 0 Å². The van der Waals surface area contributed by atoms with Crippen LogP contribution in [0.15, 0.2) is 36.4 Å². The van der Waals surface area contributed by atoms with E-state index < -0.39 is 28.5 Å². The summed E-state index contributed by atoms with van der Waals surface area (Å²) in [5.41, 5.74) is 0.852. The van der Waals surface area contributed by atoms with Crippen LogP contribution in [0, 0.1) is 0 Å². The van der Waals surface area contributed by atoms with Gasteiger partial charge in [0.1, 0.15) is 12.6 Å². The topological polar surface area (TPSA) is 105 Å². The molecule has 0 heterocycles. The highest BCUT2D eigenvalue weighted by Crippen LogP contribution is 2.32. The van der Waals surface area contributed by atoms with Crippen LogP contribution >= 0.6 is 23.2 Å². The average Bonchev–Trinajstić information content (AvgIpc) is 2.87. The summed E-state index contributed by atoms with van der Waals surface area (Å²) < 4.78 is 37.1. The zero-order valence-corrected chi connectivity index (χ0v) is 24.8. The molecule has 1 N–H and O–H groups in total. The van der Waals surface area contributed by atoms with Crippen LogP contribution in [0.1, 0.15) is 39.2 Å². The molecule has 210 valence electrons. The third-order valence-electron chi connectivity index (χ3n) is 6.06. The Balaban J connectivity index is 2.51. The number of halogens is 2. The van der Waals surface area contributed by atoms with Gasteiger partial charge >= 0.3 is 0 Å². The lowest BCUT2D eigenvalue weighted by Crippen LogP contribution is -2.53. The number of hydrogen-bond acceptors (Lipinski definition) is 6. The zero-order chi connectivity index (χ0) is 28.6. The predicted molar refractivity (Wildman–Crippen MR) is 151 cm³/mol. The minimum absolute atomic E-state index is 0.0195. The molecule has 0 saturated carbocycles. The minimum Gasteiger partial charge on any atom is -0.493 e. The molecule has 0 unspecified atom stereocenters. The summed E-state index contributed by atoms with van der Waals surface area (Å²) in [4.78, 5) is 28.4. The summed E-state index contributed by atoms with van der Waals surface area (Å²) in [6, 6.07) is 8.53. The van der Waals surface area contributed by atoms with Gasteiger partial charge in [0, 0.05) is 18.7 Å². The van der Waals surface area contributed by atoms with Gasteiger partial charge in [0.05, 0.1) is 36.2 Å². The molecule has 2 atom stereocenters. The van der Waals surface area contributed by atoms with Crippen LogP contribution in [-0.4, -0.2) is 64.2 Å². The van der Waals surface area contributed by atoms with Gasteiger partial charge in [-0.3, -0.25) is 13.9 Å². The standard InChI is InChI=1S/C26H35Cl2N3O6S/c1-7-17(3)29-26(33)22(8-2)30(15-18-9-11-20(27)21(28)13-18)25(32)16-31(38(6,34)35)19-10-12-23(36-4)24(14-19)37-5/h9-14,17,22H,7-8,15-16H2,1-6H3,(H,29,33)/t17-,22+/m0/s1. The zero-order valence-electron chi connectivity index (χ0n) is 22.5. The molecule has 0 aromatic heterocycles. The SMILES string of the molecule is CC[C@H](C(=O)N[C@@H](C)CC)N(Cc1ccc(Cl)c(Cl)c1)C(=O)CN(c1ccc(OC)c(OC)c1)S(C)(=O)=O. The Labute approximate surface area is 235 Å². The lowest BCUT2D eigenvalue weighted by Gasteiger charge is -2.33. The van der Waals surface area contributed by atoms with Gasteiger partial charge in [-0.15, -0.1) is 0 Å². The second kappa shape index (κ2) is 13.9. The number of rotatable bonds is 13. The Bertz CT molecular complexity index is 1240. The van der Waals surface area contributed by atoms with E-state index in [4.69, 9.17) is 32.7 Å². The molecule has 0 aliphatic rings. The molecule has 38 heavy (non-hydrogen) atoms. The monoisotopic (exact) mass is 587 g/mol. The number of nitrogens with zero attached hydrogens (tertiary/aromatic N) is 2. The van der Waals surface area contributed by atoms with Gasteiger partial charge < -0.3 is 19.7 Å². The molecule has 0 spiro atoms. The van der Waals surface area contributed by atoms with Gasteiger partial charge in [0.2, 0.25) is 21.8 Å². The maximum atomic E-state index is 13.8. The molecule has 0 bridgehead atoms. The smallest absolute Gasteiger partial charge is 0.244 e. The molecule has 2 aromatic carbocycles. The number of sulfonamides is 1. The normalized spacial score (nSPS) is 12.8. The second-order valence-electron chi connectivity index (χ2n) is 8.82. The number of benzene rings is 2. The number of nitrogens with one attached hydrogen (secondary N) is 1. The molecule has 0 aliphatic heterocycles. The third kappa shape index (κ3) is 8.15. The molecular weight excluding hydrogens is 553 g/mol. The molecular formula is C26H35Cl2N3O6S. The number of methoxy groups -OCH3 is 2. The van der Waals surface area contributed by atoms with Crippen LogP contribution in [-0.2, 0) is 26.2 Å². The van der Waals surface area contributed by atoms with Gasteiger partial charge in [-0.25, -0.2) is 8.42 Å². The first-order valence-corrected chi connectivity index (χ1v) is 14.7. The van der Waals surface area contributed by atoms with Crippen molar-refractivity contribution in [1.29, 1.82) is 0 Å². The average molecular weight is 589 g/mol. The Hall–Kier alpha value is -2.69. The molecule has 0 radical (unpaired) electrons. The Morgan fingerprint density at radius 2 is 1.63 bits per heavy atom. The first kappa shape index (κ1) is 31.5. The summed E-state index contributed by atoms with van der Waals surface area (Å²) in [7, 11) is -1.01. The van der Waals surface area contributed by atoms with E-state index in [1.807, 2.05) is 13.8 Å². The van der Waals surface area contributed by atoms with Crippen molar-refractivity contribution >= 4 is 50.7 Å². The molecule has 2 amide bonds. The Morgan fingerprint density at radius 1 is 0.974 bits per heavy atom. The van der Waals surface area contributed by atoms with E-state index in [-0.39, 0.29) is 24.2 Å². The number of amides is 2. The largest absolute Gasteiger partial charge is 0.493 e. The molecule has 2 rings (SSSR count). The van der Waals surface area contributed by atoms with Gasteiger partial charge in [0.15, 0.2) is 11.5 Å². The van der Waals surface area contributed by atoms with Crippen molar-refractivity contribution in [3.8, 4) is 11.5 Å². The highest BCUT2D eigenvalue weighted by atomic mass is 35.5. The van der Waals surface area contributed by atoms with E-state index in [1.165, 1.54) is 31.3 Å². The van der Waals surface area contributed by atoms with E-state index in [9.17, 15) is 18.0 Å². The highest BCUT2D eigenvalue weighted by Gasteiger charge is 2.32. The van der Waals surface area contributed by atoms with Gasteiger partial charge in [0.25, 0.3) is 0 Å². The van der Waals surface area contributed by atoms with Gasteiger partial charge in [-0.1, -0.05) is 43.1 Å². The molecule has 0 aliphatic carbocycles. The van der Waals surface area contributed by atoms with Gasteiger partial charge in [-0.2, -0.15) is 0 Å². The van der Waals surface area contributed by atoms with E-state index >= 15 is 0 Å². The second-order valence-corrected chi connectivity index (χ2v) is 11.5. The number of hydrogen-bond donors (Lipinski definition) is 1. The van der Waals surface area contributed by atoms with Crippen molar-refractivity contribution < 1.29 is 27.5 Å². The summed E-state index contributed by atoms with van der Waals surface area (Å²) in [6.45, 7) is 5.09. The molecule has 2 aromatic rings. The summed E-state index contributed by atoms with van der Waals surface area (Å²) in [5, 5.41) is 3.58. The third-order valence-corrected chi connectivity index (χ3v) is 7.94.